The van der Waals surface area contributed by atoms with E-state index in [0.29, 0.717) is 13.1 Å². The number of amides is 1. The largest absolute Gasteiger partial charge is 0.507 e. The molecule has 0 aliphatic heterocycles. The van der Waals surface area contributed by atoms with E-state index in [9.17, 15) is 23.1 Å². The lowest BCUT2D eigenvalue weighted by Crippen LogP contribution is -2.47. The summed E-state index contributed by atoms with van der Waals surface area (Å²) in [5.74, 6) is -1.71. The summed E-state index contributed by atoms with van der Waals surface area (Å²) in [4.78, 5) is 26.2. The van der Waals surface area contributed by atoms with Crippen molar-refractivity contribution in [3.05, 3.63) is 23.8 Å². The van der Waals surface area contributed by atoms with Crippen LogP contribution in [-0.4, -0.2) is 88.6 Å². The van der Waals surface area contributed by atoms with Crippen molar-refractivity contribution in [1.29, 1.82) is 0 Å². The summed E-state index contributed by atoms with van der Waals surface area (Å²) in [6, 6.07) is 2.36. The van der Waals surface area contributed by atoms with E-state index in [4.69, 9.17) is 14.2 Å². The predicted molar refractivity (Wildman–Crippen MR) is 131 cm³/mol. The number of nitrogens with one attached hydrogen (secondary N) is 2. The average Bonchev–Trinajstić information content (AvgIpc) is 2.71. The second-order valence-corrected chi connectivity index (χ2v) is 10.7. The van der Waals surface area contributed by atoms with Gasteiger partial charge >= 0.3 is 5.97 Å². The number of benzene rings is 1. The molecule has 1 atom stereocenters. The second-order valence-electron chi connectivity index (χ2n) is 9.04. The molecule has 0 heterocycles. The van der Waals surface area contributed by atoms with E-state index in [0.717, 1.165) is 12.1 Å². The van der Waals surface area contributed by atoms with Crippen LogP contribution in [0.3, 0.4) is 0 Å². The molecule has 12 heteroatoms. The molecule has 0 aliphatic rings. The molecule has 0 aliphatic carbocycles. The van der Waals surface area contributed by atoms with Crippen LogP contribution in [0.15, 0.2) is 23.1 Å². The van der Waals surface area contributed by atoms with Gasteiger partial charge in [-0.05, 0) is 66.9 Å². The van der Waals surface area contributed by atoms with E-state index in [2.05, 4.69) is 10.0 Å². The van der Waals surface area contributed by atoms with Crippen LogP contribution in [-0.2, 0) is 29.0 Å². The molecule has 3 N–H and O–H groups in total. The van der Waals surface area contributed by atoms with Crippen molar-refractivity contribution in [2.24, 2.45) is 0 Å². The van der Waals surface area contributed by atoms with Crippen molar-refractivity contribution in [3.8, 4) is 5.75 Å². The highest BCUT2D eigenvalue weighted by molar-refractivity contribution is 7.89. The van der Waals surface area contributed by atoms with Gasteiger partial charge in [0.05, 0.1) is 12.5 Å². The fourth-order valence-corrected chi connectivity index (χ4v) is 4.31. The lowest BCUT2D eigenvalue weighted by molar-refractivity contribution is -0.169. The van der Waals surface area contributed by atoms with Crippen molar-refractivity contribution in [2.45, 2.75) is 63.9 Å². The van der Waals surface area contributed by atoms with Gasteiger partial charge < -0.3 is 29.5 Å². The quantitative estimate of drug-likeness (QED) is 0.247. The number of carbonyl (C=O) groups is 2. The predicted octanol–water partition coefficient (Wildman–Crippen LogP) is 1.46. The molecule has 0 aromatic heterocycles. The van der Waals surface area contributed by atoms with Crippen LogP contribution in [0, 0.1) is 0 Å². The molecule has 1 aromatic rings. The monoisotopic (exact) mass is 517 g/mol. The summed E-state index contributed by atoms with van der Waals surface area (Å²) in [5.41, 5.74) is -0.666. The number of phenols is 1. The number of likely N-dealkylation sites (N-methyl/N-ethyl adjacent to an activating group) is 1. The SMILES string of the molecule is CCOC(OCC)C(CC(=O)OC(C)(C)C)NS(=O)(=O)c1ccc(C(=O)NCCN(C)C)cc1O. The van der Waals surface area contributed by atoms with Gasteiger partial charge in [0.25, 0.3) is 5.91 Å². The summed E-state index contributed by atoms with van der Waals surface area (Å²) in [5, 5.41) is 13.1. The number of rotatable bonds is 14. The molecule has 0 spiro atoms. The van der Waals surface area contributed by atoms with E-state index in [1.165, 1.54) is 6.07 Å². The first-order valence-corrected chi connectivity index (χ1v) is 12.9. The van der Waals surface area contributed by atoms with Crippen LogP contribution < -0.4 is 10.0 Å². The molecule has 1 rings (SSSR count). The van der Waals surface area contributed by atoms with Crippen molar-refractivity contribution < 1.29 is 37.3 Å². The molecule has 200 valence electrons. The van der Waals surface area contributed by atoms with Crippen LogP contribution in [0.4, 0.5) is 0 Å². The highest BCUT2D eigenvalue weighted by Crippen LogP contribution is 2.25. The molecule has 0 radical (unpaired) electrons. The van der Waals surface area contributed by atoms with Crippen LogP contribution in [0.25, 0.3) is 0 Å². The van der Waals surface area contributed by atoms with Crippen molar-refractivity contribution in [1.82, 2.24) is 14.9 Å². The van der Waals surface area contributed by atoms with Crippen molar-refractivity contribution in [3.63, 3.8) is 0 Å². The molecule has 0 saturated heterocycles. The Bertz CT molecular complexity index is 939. The number of hydrogen-bond donors (Lipinski definition) is 3. The summed E-state index contributed by atoms with van der Waals surface area (Å²) in [6.45, 7) is 9.93. The number of esters is 1. The molecule has 1 amide bonds. The topological polar surface area (TPSA) is 144 Å². The first kappa shape index (κ1) is 30.8. The highest BCUT2D eigenvalue weighted by Gasteiger charge is 2.33. The Morgan fingerprint density at radius 2 is 1.71 bits per heavy atom. The smallest absolute Gasteiger partial charge is 0.308 e. The van der Waals surface area contributed by atoms with Crippen molar-refractivity contribution >= 4 is 21.9 Å². The number of aromatic hydroxyl groups is 1. The minimum absolute atomic E-state index is 0.104. The summed E-state index contributed by atoms with van der Waals surface area (Å²) in [6.07, 6.45) is -1.44. The van der Waals surface area contributed by atoms with Gasteiger partial charge in [-0.25, -0.2) is 13.1 Å². The Balaban J connectivity index is 3.15. The fraction of sp³-hybridized carbons (Fsp3) is 0.652. The van der Waals surface area contributed by atoms with E-state index >= 15 is 0 Å². The Morgan fingerprint density at radius 1 is 1.11 bits per heavy atom. The van der Waals surface area contributed by atoms with Crippen LogP contribution >= 0.6 is 0 Å². The zero-order chi connectivity index (χ0) is 26.8. The molecular weight excluding hydrogens is 478 g/mol. The molecule has 0 bridgehead atoms. The summed E-state index contributed by atoms with van der Waals surface area (Å²) < 4.78 is 45.0. The first-order chi connectivity index (χ1) is 16.2. The fourth-order valence-electron chi connectivity index (χ4n) is 3.01. The average molecular weight is 518 g/mol. The highest BCUT2D eigenvalue weighted by atomic mass is 32.2. The Labute approximate surface area is 208 Å². The van der Waals surface area contributed by atoms with Gasteiger partial charge in [-0.3, -0.25) is 9.59 Å². The maximum Gasteiger partial charge on any atom is 0.308 e. The van der Waals surface area contributed by atoms with Gasteiger partial charge in [0.15, 0.2) is 6.29 Å². The van der Waals surface area contributed by atoms with Crippen LogP contribution in [0.5, 0.6) is 5.75 Å². The zero-order valence-corrected chi connectivity index (χ0v) is 22.4. The van der Waals surface area contributed by atoms with Gasteiger partial charge in [-0.1, -0.05) is 0 Å². The third-order valence-electron chi connectivity index (χ3n) is 4.46. The number of sulfonamides is 1. The van der Waals surface area contributed by atoms with Gasteiger partial charge in [0, 0.05) is 31.9 Å². The van der Waals surface area contributed by atoms with Crippen LogP contribution in [0.1, 0.15) is 51.4 Å². The van der Waals surface area contributed by atoms with E-state index < -0.39 is 50.5 Å². The third kappa shape index (κ3) is 10.9. The number of ether oxygens (including phenoxy) is 3. The number of nitrogens with zero attached hydrogens (tertiary/aromatic N) is 1. The third-order valence-corrected chi connectivity index (χ3v) is 6.00. The molecular formula is C23H39N3O8S. The lowest BCUT2D eigenvalue weighted by Gasteiger charge is -2.28. The molecule has 0 saturated carbocycles. The zero-order valence-electron chi connectivity index (χ0n) is 21.6. The second kappa shape index (κ2) is 13.7. The maximum atomic E-state index is 13.1. The maximum absolute atomic E-state index is 13.1. The minimum Gasteiger partial charge on any atom is -0.507 e. The minimum atomic E-state index is -4.34. The van der Waals surface area contributed by atoms with E-state index in [1.54, 1.807) is 34.6 Å². The van der Waals surface area contributed by atoms with E-state index in [-0.39, 0.29) is 25.2 Å². The molecule has 35 heavy (non-hydrogen) atoms. The van der Waals surface area contributed by atoms with Gasteiger partial charge in [-0.15, -0.1) is 0 Å². The normalized spacial score (nSPS) is 13.2. The lowest BCUT2D eigenvalue weighted by atomic mass is 10.1. The number of carbonyl (C=O) groups excluding carboxylic acids is 2. The standard InChI is InChI=1S/C23H39N3O8S/c1-8-32-22(33-9-2)17(15-20(28)34-23(3,4)5)25-35(30,31)19-11-10-16(14-18(19)27)21(29)24-12-13-26(6)7/h10-11,14,17,22,25,27H,8-9,12-13,15H2,1-7H3,(H,24,29). The Morgan fingerprint density at radius 3 is 2.20 bits per heavy atom. The molecule has 1 aromatic carbocycles. The number of hydrogen-bond acceptors (Lipinski definition) is 9. The van der Waals surface area contributed by atoms with Crippen molar-refractivity contribution in [2.75, 3.05) is 40.4 Å². The van der Waals surface area contributed by atoms with Crippen LogP contribution in [0.2, 0.25) is 0 Å². The molecule has 11 nitrogen and oxygen atoms in total. The van der Waals surface area contributed by atoms with Gasteiger partial charge in [0.1, 0.15) is 16.2 Å². The Kier molecular flexibility index (Phi) is 12.1. The molecule has 0 fully saturated rings. The number of phenolic OH excluding ortho intramolecular Hbond substituents is 1. The van der Waals surface area contributed by atoms with Gasteiger partial charge in [-0.2, -0.15) is 0 Å². The summed E-state index contributed by atoms with van der Waals surface area (Å²) >= 11 is 0. The van der Waals surface area contributed by atoms with E-state index in [1.807, 2.05) is 19.0 Å². The molecule has 1 unspecified atom stereocenters. The Hall–Kier alpha value is -2.25. The van der Waals surface area contributed by atoms with Gasteiger partial charge in [0.2, 0.25) is 10.0 Å². The first-order valence-electron chi connectivity index (χ1n) is 11.4. The summed E-state index contributed by atoms with van der Waals surface area (Å²) in [7, 11) is -0.611.